The number of urea groups is 1. The molecule has 3 rings (SSSR count). The highest BCUT2D eigenvalue weighted by Crippen LogP contribution is 2.20. The van der Waals surface area contributed by atoms with Gasteiger partial charge in [-0.2, -0.15) is 0 Å². The van der Waals surface area contributed by atoms with Gasteiger partial charge >= 0.3 is 6.03 Å². The predicted molar refractivity (Wildman–Crippen MR) is 98.0 cm³/mol. The summed E-state index contributed by atoms with van der Waals surface area (Å²) in [6.07, 6.45) is 2.22. The van der Waals surface area contributed by atoms with E-state index in [2.05, 4.69) is 45.9 Å². The highest BCUT2D eigenvalue weighted by atomic mass is 16.2. The fourth-order valence-electron chi connectivity index (χ4n) is 3.14. The van der Waals surface area contributed by atoms with Gasteiger partial charge in [0.25, 0.3) is 0 Å². The zero-order valence-electron chi connectivity index (χ0n) is 13.7. The number of rotatable bonds is 5. The molecule has 0 atom stereocenters. The first-order valence-electron chi connectivity index (χ1n) is 8.38. The lowest BCUT2D eigenvalue weighted by Gasteiger charge is -2.33. The van der Waals surface area contributed by atoms with Gasteiger partial charge < -0.3 is 16.4 Å². The average molecular weight is 324 g/mol. The molecule has 0 unspecified atom stereocenters. The standard InChI is InChI=1S/C19H24N4O/c20-19(24)22-18-8-4-7-17(13-18)21-16-9-11-23(12-10-16)14-15-5-2-1-3-6-15/h1-8,13,16,21H,9-12,14H2,(H3,20,22,24). The summed E-state index contributed by atoms with van der Waals surface area (Å²) in [5.41, 5.74) is 8.26. The van der Waals surface area contributed by atoms with Crippen LogP contribution in [0.2, 0.25) is 0 Å². The molecule has 5 nitrogen and oxygen atoms in total. The summed E-state index contributed by atoms with van der Waals surface area (Å²) in [5.74, 6) is 0. The lowest BCUT2D eigenvalue weighted by molar-refractivity contribution is 0.211. The molecule has 1 aliphatic heterocycles. The summed E-state index contributed by atoms with van der Waals surface area (Å²) in [4.78, 5) is 13.4. The van der Waals surface area contributed by atoms with Crippen molar-refractivity contribution in [2.45, 2.75) is 25.4 Å². The number of nitrogens with one attached hydrogen (secondary N) is 2. The van der Waals surface area contributed by atoms with Crippen molar-refractivity contribution in [1.29, 1.82) is 0 Å². The molecule has 2 aromatic carbocycles. The van der Waals surface area contributed by atoms with E-state index in [4.69, 9.17) is 5.73 Å². The van der Waals surface area contributed by atoms with Gasteiger partial charge in [0.2, 0.25) is 0 Å². The number of benzene rings is 2. The minimum Gasteiger partial charge on any atom is -0.382 e. The summed E-state index contributed by atoms with van der Waals surface area (Å²) >= 11 is 0. The average Bonchev–Trinajstić information content (AvgIpc) is 2.57. The van der Waals surface area contributed by atoms with Crippen LogP contribution in [0.5, 0.6) is 0 Å². The maximum absolute atomic E-state index is 10.9. The number of hydrogen-bond donors (Lipinski definition) is 3. The molecule has 0 radical (unpaired) electrons. The fraction of sp³-hybridized carbons (Fsp3) is 0.316. The molecule has 1 heterocycles. The second kappa shape index (κ2) is 7.84. The van der Waals surface area contributed by atoms with Crippen LogP contribution >= 0.6 is 0 Å². The number of carbonyl (C=O) groups excluding carboxylic acids is 1. The largest absolute Gasteiger partial charge is 0.382 e. The summed E-state index contributed by atoms with van der Waals surface area (Å²) < 4.78 is 0. The van der Waals surface area contributed by atoms with E-state index in [0.717, 1.165) is 38.2 Å². The van der Waals surface area contributed by atoms with Crippen molar-refractivity contribution in [3.63, 3.8) is 0 Å². The molecule has 5 heteroatoms. The Bertz CT molecular complexity index is 666. The van der Waals surface area contributed by atoms with Crippen molar-refractivity contribution in [2.24, 2.45) is 5.73 Å². The lowest BCUT2D eigenvalue weighted by Crippen LogP contribution is -2.38. The van der Waals surface area contributed by atoms with E-state index in [1.165, 1.54) is 5.56 Å². The molecule has 1 saturated heterocycles. The van der Waals surface area contributed by atoms with Gasteiger partial charge in [0, 0.05) is 37.1 Å². The first-order chi connectivity index (χ1) is 11.7. The summed E-state index contributed by atoms with van der Waals surface area (Å²) in [6.45, 7) is 3.20. The quantitative estimate of drug-likeness (QED) is 0.790. The summed E-state index contributed by atoms with van der Waals surface area (Å²) in [5, 5.41) is 6.17. The van der Waals surface area contributed by atoms with Gasteiger partial charge in [0.05, 0.1) is 0 Å². The van der Waals surface area contributed by atoms with E-state index in [9.17, 15) is 4.79 Å². The van der Waals surface area contributed by atoms with E-state index in [1.807, 2.05) is 24.3 Å². The Morgan fingerprint density at radius 1 is 1.04 bits per heavy atom. The number of amides is 2. The molecule has 0 saturated carbocycles. The maximum atomic E-state index is 10.9. The van der Waals surface area contributed by atoms with E-state index >= 15 is 0 Å². The van der Waals surface area contributed by atoms with Crippen molar-refractivity contribution in [3.8, 4) is 0 Å². The Balaban J connectivity index is 1.49. The number of likely N-dealkylation sites (tertiary alicyclic amines) is 1. The Labute approximate surface area is 142 Å². The van der Waals surface area contributed by atoms with Crippen LogP contribution < -0.4 is 16.4 Å². The van der Waals surface area contributed by atoms with Crippen LogP contribution in [-0.2, 0) is 6.54 Å². The number of nitrogens with two attached hydrogens (primary N) is 1. The molecule has 0 aliphatic carbocycles. The van der Waals surface area contributed by atoms with Gasteiger partial charge in [-0.25, -0.2) is 4.79 Å². The normalized spacial score (nSPS) is 15.8. The molecule has 0 spiro atoms. The number of nitrogens with zero attached hydrogens (tertiary/aromatic N) is 1. The molecule has 1 fully saturated rings. The van der Waals surface area contributed by atoms with Crippen LogP contribution in [0.4, 0.5) is 16.2 Å². The zero-order chi connectivity index (χ0) is 16.8. The highest BCUT2D eigenvalue weighted by Gasteiger charge is 2.19. The second-order valence-corrected chi connectivity index (χ2v) is 6.25. The van der Waals surface area contributed by atoms with Crippen LogP contribution in [0.25, 0.3) is 0 Å². The molecule has 2 amide bonds. The third-order valence-corrected chi connectivity index (χ3v) is 4.34. The first-order valence-corrected chi connectivity index (χ1v) is 8.38. The van der Waals surface area contributed by atoms with Crippen LogP contribution in [-0.4, -0.2) is 30.1 Å². The van der Waals surface area contributed by atoms with Gasteiger partial charge in [-0.15, -0.1) is 0 Å². The Hall–Kier alpha value is -2.53. The summed E-state index contributed by atoms with van der Waals surface area (Å²) in [7, 11) is 0. The molecule has 0 bridgehead atoms. The third-order valence-electron chi connectivity index (χ3n) is 4.34. The van der Waals surface area contributed by atoms with Gasteiger partial charge in [0.15, 0.2) is 0 Å². The Morgan fingerprint density at radius 2 is 1.75 bits per heavy atom. The van der Waals surface area contributed by atoms with Crippen molar-refractivity contribution in [1.82, 2.24) is 4.90 Å². The van der Waals surface area contributed by atoms with Crippen molar-refractivity contribution in [3.05, 3.63) is 60.2 Å². The van der Waals surface area contributed by atoms with E-state index in [0.29, 0.717) is 11.7 Å². The minimum absolute atomic E-state index is 0.459. The molecule has 1 aliphatic rings. The second-order valence-electron chi connectivity index (χ2n) is 6.25. The van der Waals surface area contributed by atoms with Crippen molar-refractivity contribution >= 4 is 17.4 Å². The molecule has 2 aromatic rings. The summed E-state index contributed by atoms with van der Waals surface area (Å²) in [6, 6.07) is 18.2. The molecule has 24 heavy (non-hydrogen) atoms. The van der Waals surface area contributed by atoms with E-state index in [1.54, 1.807) is 0 Å². The minimum atomic E-state index is -0.540. The number of carbonyl (C=O) groups is 1. The molecule has 0 aromatic heterocycles. The third kappa shape index (κ3) is 4.73. The van der Waals surface area contributed by atoms with Crippen LogP contribution in [0, 0.1) is 0 Å². The maximum Gasteiger partial charge on any atom is 0.316 e. The van der Waals surface area contributed by atoms with Gasteiger partial charge in [-0.1, -0.05) is 36.4 Å². The topological polar surface area (TPSA) is 70.4 Å². The van der Waals surface area contributed by atoms with Gasteiger partial charge in [-0.05, 0) is 36.6 Å². The van der Waals surface area contributed by atoms with Gasteiger partial charge in [0.1, 0.15) is 0 Å². The number of primary amides is 1. The first kappa shape index (κ1) is 16.3. The van der Waals surface area contributed by atoms with Crippen LogP contribution in [0.15, 0.2) is 54.6 Å². The number of anilines is 2. The van der Waals surface area contributed by atoms with Crippen LogP contribution in [0.1, 0.15) is 18.4 Å². The van der Waals surface area contributed by atoms with Crippen molar-refractivity contribution < 1.29 is 4.79 Å². The Morgan fingerprint density at radius 3 is 2.46 bits per heavy atom. The van der Waals surface area contributed by atoms with E-state index in [-0.39, 0.29) is 0 Å². The number of hydrogen-bond acceptors (Lipinski definition) is 3. The SMILES string of the molecule is NC(=O)Nc1cccc(NC2CCN(Cc3ccccc3)CC2)c1. The molecular weight excluding hydrogens is 300 g/mol. The fourth-order valence-corrected chi connectivity index (χ4v) is 3.14. The predicted octanol–water partition coefficient (Wildman–Crippen LogP) is 3.25. The lowest BCUT2D eigenvalue weighted by atomic mass is 10.0. The van der Waals surface area contributed by atoms with Crippen LogP contribution in [0.3, 0.4) is 0 Å². The Kier molecular flexibility index (Phi) is 5.33. The van der Waals surface area contributed by atoms with Crippen molar-refractivity contribution in [2.75, 3.05) is 23.7 Å². The monoisotopic (exact) mass is 324 g/mol. The van der Waals surface area contributed by atoms with E-state index < -0.39 is 6.03 Å². The highest BCUT2D eigenvalue weighted by molar-refractivity contribution is 5.88. The zero-order valence-corrected chi connectivity index (χ0v) is 13.7. The molecule has 4 N–H and O–H groups in total. The number of piperidine rings is 1. The smallest absolute Gasteiger partial charge is 0.316 e. The molecule has 126 valence electrons. The molecular formula is C19H24N4O. The van der Waals surface area contributed by atoms with Gasteiger partial charge in [-0.3, -0.25) is 4.90 Å².